The highest BCUT2D eigenvalue weighted by atomic mass is 16.5. The molecule has 0 amide bonds. The van der Waals surface area contributed by atoms with Crippen molar-refractivity contribution in [2.75, 3.05) is 18.9 Å². The number of rotatable bonds is 6. The molecule has 0 saturated heterocycles. The van der Waals surface area contributed by atoms with Crippen LogP contribution < -0.4 is 5.73 Å². The highest BCUT2D eigenvalue weighted by Crippen LogP contribution is 2.20. The molecule has 5 nitrogen and oxygen atoms in total. The first-order valence-corrected chi connectivity index (χ1v) is 5.51. The maximum atomic E-state index is 11.5. The molecule has 4 N–H and O–H groups in total. The van der Waals surface area contributed by atoms with E-state index >= 15 is 0 Å². The number of aromatic hydroxyl groups is 1. The highest BCUT2D eigenvalue weighted by molar-refractivity contribution is 5.92. The van der Waals surface area contributed by atoms with Crippen molar-refractivity contribution in [2.24, 2.45) is 0 Å². The molecule has 0 heterocycles. The molecule has 17 heavy (non-hydrogen) atoms. The van der Waals surface area contributed by atoms with Gasteiger partial charge in [-0.1, -0.05) is 0 Å². The number of hydrogen-bond donors (Lipinski definition) is 3. The number of phenolic OH excluding ortho intramolecular Hbond substituents is 1. The van der Waals surface area contributed by atoms with Crippen LogP contribution in [0.15, 0.2) is 18.2 Å². The molecule has 5 heteroatoms. The number of esters is 1. The molecule has 0 fully saturated rings. The number of benzene rings is 1. The smallest absolute Gasteiger partial charge is 0.341 e. The summed E-state index contributed by atoms with van der Waals surface area (Å²) in [5.74, 6) is -0.739. The monoisotopic (exact) mass is 239 g/mol. The summed E-state index contributed by atoms with van der Waals surface area (Å²) in [6.45, 7) is 0.426. The van der Waals surface area contributed by atoms with Crippen LogP contribution in [0.25, 0.3) is 0 Å². The van der Waals surface area contributed by atoms with Gasteiger partial charge in [-0.05, 0) is 31.4 Å². The van der Waals surface area contributed by atoms with Crippen LogP contribution >= 0.6 is 0 Å². The second kappa shape index (κ2) is 6.75. The Hall–Kier alpha value is -1.75. The number of aliphatic hydroxyl groups excluding tert-OH is 1. The molecule has 1 aromatic carbocycles. The fraction of sp³-hybridized carbons (Fsp3) is 0.417. The van der Waals surface area contributed by atoms with Gasteiger partial charge in [0.05, 0.1) is 6.61 Å². The number of unbranched alkanes of at least 4 members (excludes halogenated alkanes) is 2. The summed E-state index contributed by atoms with van der Waals surface area (Å²) in [5, 5.41) is 18.1. The van der Waals surface area contributed by atoms with E-state index in [-0.39, 0.29) is 24.5 Å². The van der Waals surface area contributed by atoms with Crippen LogP contribution in [0.2, 0.25) is 0 Å². The first-order valence-electron chi connectivity index (χ1n) is 5.51. The van der Waals surface area contributed by atoms with Crippen molar-refractivity contribution in [2.45, 2.75) is 19.3 Å². The summed E-state index contributed by atoms with van der Waals surface area (Å²) < 4.78 is 4.97. The Morgan fingerprint density at radius 1 is 1.29 bits per heavy atom. The van der Waals surface area contributed by atoms with E-state index < -0.39 is 5.97 Å². The third-order valence-corrected chi connectivity index (χ3v) is 2.28. The number of anilines is 1. The van der Waals surface area contributed by atoms with Crippen LogP contribution in [0.4, 0.5) is 5.69 Å². The van der Waals surface area contributed by atoms with Gasteiger partial charge in [0.2, 0.25) is 0 Å². The predicted octanol–water partition coefficient (Wildman–Crippen LogP) is 1.29. The molecule has 0 aliphatic carbocycles. The zero-order chi connectivity index (χ0) is 12.7. The molecule has 0 bridgehead atoms. The lowest BCUT2D eigenvalue weighted by molar-refractivity contribution is 0.0493. The van der Waals surface area contributed by atoms with E-state index in [9.17, 15) is 9.90 Å². The van der Waals surface area contributed by atoms with E-state index in [0.717, 1.165) is 6.42 Å². The van der Waals surface area contributed by atoms with Crippen molar-refractivity contribution in [3.05, 3.63) is 23.8 Å². The zero-order valence-electron chi connectivity index (χ0n) is 9.56. The third kappa shape index (κ3) is 4.32. The zero-order valence-corrected chi connectivity index (χ0v) is 9.56. The topological polar surface area (TPSA) is 92.8 Å². The Bertz CT molecular complexity index is 379. The molecule has 0 aliphatic rings. The molecule has 0 spiro atoms. The number of carbonyl (C=O) groups is 1. The maximum absolute atomic E-state index is 11.5. The predicted molar refractivity (Wildman–Crippen MR) is 63.7 cm³/mol. The standard InChI is InChI=1S/C12H17NO4/c13-9-4-5-10(11(15)8-9)12(16)17-7-3-1-2-6-14/h4-5,8,14-15H,1-3,6-7,13H2. The molecular weight excluding hydrogens is 222 g/mol. The molecule has 0 unspecified atom stereocenters. The number of phenols is 1. The van der Waals surface area contributed by atoms with Crippen LogP contribution in [-0.4, -0.2) is 29.4 Å². The Morgan fingerprint density at radius 2 is 2.06 bits per heavy atom. The number of nitrogen functional groups attached to an aromatic ring is 1. The van der Waals surface area contributed by atoms with Crippen LogP contribution in [0, 0.1) is 0 Å². The summed E-state index contributed by atoms with van der Waals surface area (Å²) in [6.07, 6.45) is 2.20. The summed E-state index contributed by atoms with van der Waals surface area (Å²) in [4.78, 5) is 11.5. The first kappa shape index (κ1) is 13.3. The average Bonchev–Trinajstić information content (AvgIpc) is 2.28. The second-order valence-corrected chi connectivity index (χ2v) is 3.70. The lowest BCUT2D eigenvalue weighted by Gasteiger charge is -2.06. The SMILES string of the molecule is Nc1ccc(C(=O)OCCCCCO)c(O)c1. The summed E-state index contributed by atoms with van der Waals surface area (Å²) in [7, 11) is 0. The van der Waals surface area contributed by atoms with E-state index in [1.54, 1.807) is 0 Å². The van der Waals surface area contributed by atoms with Gasteiger partial charge in [-0.2, -0.15) is 0 Å². The molecule has 0 radical (unpaired) electrons. The van der Waals surface area contributed by atoms with E-state index in [4.69, 9.17) is 15.6 Å². The van der Waals surface area contributed by atoms with Crippen molar-refractivity contribution < 1.29 is 19.7 Å². The summed E-state index contributed by atoms with van der Waals surface area (Å²) in [6, 6.07) is 4.27. The second-order valence-electron chi connectivity index (χ2n) is 3.70. The van der Waals surface area contributed by atoms with Gasteiger partial charge < -0.3 is 20.7 Å². The Balaban J connectivity index is 2.42. The molecule has 0 saturated carbocycles. The number of nitrogens with two attached hydrogens (primary N) is 1. The Labute approximate surface area is 99.8 Å². The molecular formula is C12H17NO4. The van der Waals surface area contributed by atoms with E-state index in [0.29, 0.717) is 18.5 Å². The van der Waals surface area contributed by atoms with Gasteiger partial charge in [-0.15, -0.1) is 0 Å². The van der Waals surface area contributed by atoms with E-state index in [2.05, 4.69) is 0 Å². The summed E-state index contributed by atoms with van der Waals surface area (Å²) in [5.41, 5.74) is 5.95. The Morgan fingerprint density at radius 3 is 2.71 bits per heavy atom. The van der Waals surface area contributed by atoms with Crippen LogP contribution in [0.3, 0.4) is 0 Å². The van der Waals surface area contributed by atoms with Gasteiger partial charge in [0, 0.05) is 18.4 Å². The van der Waals surface area contributed by atoms with Crippen LogP contribution in [-0.2, 0) is 4.74 Å². The van der Waals surface area contributed by atoms with Crippen molar-refractivity contribution in [1.82, 2.24) is 0 Å². The van der Waals surface area contributed by atoms with Gasteiger partial charge in [-0.3, -0.25) is 0 Å². The molecule has 0 aliphatic heterocycles. The van der Waals surface area contributed by atoms with Crippen LogP contribution in [0.5, 0.6) is 5.75 Å². The molecule has 94 valence electrons. The Kier molecular flexibility index (Phi) is 5.29. The van der Waals surface area contributed by atoms with Gasteiger partial charge >= 0.3 is 5.97 Å². The number of carbonyl (C=O) groups excluding carboxylic acids is 1. The number of hydrogen-bond acceptors (Lipinski definition) is 5. The van der Waals surface area contributed by atoms with E-state index in [1.165, 1.54) is 18.2 Å². The van der Waals surface area contributed by atoms with E-state index in [1.807, 2.05) is 0 Å². The number of aliphatic hydroxyl groups is 1. The average molecular weight is 239 g/mol. The number of ether oxygens (including phenoxy) is 1. The highest BCUT2D eigenvalue weighted by Gasteiger charge is 2.12. The molecule has 0 aromatic heterocycles. The fourth-order valence-electron chi connectivity index (χ4n) is 1.35. The maximum Gasteiger partial charge on any atom is 0.341 e. The minimum absolute atomic E-state index is 0.112. The van der Waals surface area contributed by atoms with Crippen LogP contribution in [0.1, 0.15) is 29.6 Å². The summed E-state index contributed by atoms with van der Waals surface area (Å²) >= 11 is 0. The van der Waals surface area contributed by atoms with Crippen molar-refractivity contribution >= 4 is 11.7 Å². The van der Waals surface area contributed by atoms with Crippen molar-refractivity contribution in [3.63, 3.8) is 0 Å². The van der Waals surface area contributed by atoms with Gasteiger partial charge in [0.1, 0.15) is 11.3 Å². The molecule has 1 rings (SSSR count). The quantitative estimate of drug-likeness (QED) is 0.395. The lowest BCUT2D eigenvalue weighted by Crippen LogP contribution is -2.07. The first-order chi connectivity index (χ1) is 8.15. The van der Waals surface area contributed by atoms with Crippen molar-refractivity contribution in [1.29, 1.82) is 0 Å². The minimum atomic E-state index is -0.563. The fourth-order valence-corrected chi connectivity index (χ4v) is 1.35. The minimum Gasteiger partial charge on any atom is -0.507 e. The van der Waals surface area contributed by atoms with Crippen molar-refractivity contribution in [3.8, 4) is 5.75 Å². The van der Waals surface area contributed by atoms with Gasteiger partial charge in [0.15, 0.2) is 0 Å². The van der Waals surface area contributed by atoms with Gasteiger partial charge in [-0.25, -0.2) is 4.79 Å². The molecule has 1 aromatic rings. The lowest BCUT2D eigenvalue weighted by atomic mass is 10.2. The normalized spacial score (nSPS) is 10.2. The van der Waals surface area contributed by atoms with Gasteiger partial charge in [0.25, 0.3) is 0 Å². The third-order valence-electron chi connectivity index (χ3n) is 2.28. The largest absolute Gasteiger partial charge is 0.507 e. The molecule has 0 atom stereocenters.